The predicted octanol–water partition coefficient (Wildman–Crippen LogP) is 4.45. The normalized spacial score (nSPS) is 29.1. The summed E-state index contributed by atoms with van der Waals surface area (Å²) in [5, 5.41) is 2.81. The molecule has 184 valence electrons. The van der Waals surface area contributed by atoms with Gasteiger partial charge in [0, 0.05) is 11.3 Å². The summed E-state index contributed by atoms with van der Waals surface area (Å²) >= 11 is 0. The van der Waals surface area contributed by atoms with Crippen LogP contribution < -0.4 is 10.2 Å². The SMILES string of the molecule is CCCCOC(=O)c1ccc(NC(=O)c2ccc(N3C(=O)[C@@H]4[C@H]5C=C[C@H]([C@H]6C[C@H]56)[C@@H]4C3=O)cc2)cc1. The Morgan fingerprint density at radius 3 is 2.06 bits per heavy atom. The highest BCUT2D eigenvalue weighted by molar-refractivity contribution is 6.22. The fraction of sp³-hybridized carbons (Fsp3) is 0.379. The average molecular weight is 485 g/mol. The van der Waals surface area contributed by atoms with Crippen LogP contribution in [0.4, 0.5) is 11.4 Å². The number of rotatable bonds is 7. The Labute approximate surface area is 209 Å². The average Bonchev–Trinajstić information content (AvgIpc) is 3.67. The van der Waals surface area contributed by atoms with Gasteiger partial charge >= 0.3 is 5.97 Å². The maximum absolute atomic E-state index is 13.3. The van der Waals surface area contributed by atoms with Crippen LogP contribution in [0.1, 0.15) is 46.9 Å². The molecule has 7 rings (SSSR count). The minimum atomic E-state index is -0.386. The van der Waals surface area contributed by atoms with Gasteiger partial charge in [0.25, 0.3) is 5.91 Å². The Hall–Kier alpha value is -3.74. The van der Waals surface area contributed by atoms with Crippen molar-refractivity contribution in [3.05, 3.63) is 71.8 Å². The smallest absolute Gasteiger partial charge is 0.338 e. The molecule has 7 heteroatoms. The van der Waals surface area contributed by atoms with Crippen LogP contribution in [0.25, 0.3) is 0 Å². The van der Waals surface area contributed by atoms with Gasteiger partial charge in [-0.1, -0.05) is 25.5 Å². The number of esters is 1. The number of nitrogens with zero attached hydrogens (tertiary/aromatic N) is 1. The molecule has 1 N–H and O–H groups in total. The molecule has 3 amide bonds. The molecule has 3 fully saturated rings. The standard InChI is InChI=1S/C29H28N2O5/c1-2-3-14-36-29(35)17-4-8-18(9-5-17)30-26(32)16-6-10-19(11-7-16)31-27(33)24-20-12-13-21(23-15-22(20)23)25(24)28(31)34/h4-13,20-25H,2-3,14-15H2,1H3,(H,30,32)/t20-,21+,22-,23-,24+,25-/m1/s1. The molecule has 6 atom stereocenters. The third-order valence-corrected chi connectivity index (χ3v) is 8.16. The van der Waals surface area contributed by atoms with E-state index in [1.165, 1.54) is 4.90 Å². The zero-order valence-electron chi connectivity index (χ0n) is 20.1. The van der Waals surface area contributed by atoms with Crippen molar-refractivity contribution in [1.29, 1.82) is 0 Å². The number of unbranched alkanes of at least 4 members (excludes halogenated alkanes) is 1. The molecule has 7 nitrogen and oxygen atoms in total. The first-order valence-corrected chi connectivity index (χ1v) is 12.7. The van der Waals surface area contributed by atoms with Gasteiger partial charge in [-0.25, -0.2) is 4.79 Å². The fourth-order valence-corrected chi connectivity index (χ4v) is 6.26. The van der Waals surface area contributed by atoms with Gasteiger partial charge in [-0.05, 0) is 85.0 Å². The summed E-state index contributed by atoms with van der Waals surface area (Å²) < 4.78 is 5.20. The van der Waals surface area contributed by atoms with E-state index < -0.39 is 0 Å². The molecule has 2 aromatic carbocycles. The summed E-state index contributed by atoms with van der Waals surface area (Å²) in [5.41, 5.74) is 1.89. The lowest BCUT2D eigenvalue weighted by atomic mass is 9.63. The predicted molar refractivity (Wildman–Crippen MR) is 133 cm³/mol. The molecule has 2 bridgehead atoms. The molecule has 2 aromatic rings. The third-order valence-electron chi connectivity index (χ3n) is 8.16. The topological polar surface area (TPSA) is 92.8 Å². The third kappa shape index (κ3) is 3.65. The Balaban J connectivity index is 1.11. The summed E-state index contributed by atoms with van der Waals surface area (Å²) in [4.78, 5) is 52.7. The first kappa shape index (κ1) is 22.7. The van der Waals surface area contributed by atoms with Crippen molar-refractivity contribution in [3.8, 4) is 0 Å². The molecule has 2 saturated carbocycles. The van der Waals surface area contributed by atoms with Crippen LogP contribution in [0.15, 0.2) is 60.7 Å². The Kier molecular flexibility index (Phi) is 5.51. The lowest BCUT2D eigenvalue weighted by Gasteiger charge is -2.37. The van der Waals surface area contributed by atoms with Crippen molar-refractivity contribution < 1.29 is 23.9 Å². The van der Waals surface area contributed by atoms with Crippen molar-refractivity contribution in [2.75, 3.05) is 16.8 Å². The molecule has 0 aromatic heterocycles. The monoisotopic (exact) mass is 484 g/mol. The Morgan fingerprint density at radius 2 is 1.47 bits per heavy atom. The lowest BCUT2D eigenvalue weighted by Crippen LogP contribution is -2.40. The molecular formula is C29H28N2O5. The van der Waals surface area contributed by atoms with Gasteiger partial charge in [-0.15, -0.1) is 0 Å². The maximum atomic E-state index is 13.3. The number of hydrogen-bond donors (Lipinski definition) is 1. The summed E-state index contributed by atoms with van der Waals surface area (Å²) in [6.07, 6.45) is 7.21. The van der Waals surface area contributed by atoms with Crippen LogP contribution in [0.5, 0.6) is 0 Å². The molecule has 1 heterocycles. The van der Waals surface area contributed by atoms with Crippen molar-refractivity contribution in [1.82, 2.24) is 0 Å². The van der Waals surface area contributed by atoms with Crippen LogP contribution >= 0.6 is 0 Å². The quantitative estimate of drug-likeness (QED) is 0.271. The van der Waals surface area contributed by atoms with Crippen molar-refractivity contribution in [3.63, 3.8) is 0 Å². The van der Waals surface area contributed by atoms with E-state index in [-0.39, 0.29) is 47.4 Å². The summed E-state index contributed by atoms with van der Waals surface area (Å²) in [6.45, 7) is 2.41. The molecule has 36 heavy (non-hydrogen) atoms. The number of carbonyl (C=O) groups excluding carboxylic acids is 4. The molecule has 1 saturated heterocycles. The summed E-state index contributed by atoms with van der Waals surface area (Å²) in [5.74, 6) is 0.0629. The van der Waals surface area contributed by atoms with Crippen molar-refractivity contribution >= 4 is 35.1 Å². The summed E-state index contributed by atoms with van der Waals surface area (Å²) in [6, 6.07) is 13.1. The minimum Gasteiger partial charge on any atom is -0.462 e. The summed E-state index contributed by atoms with van der Waals surface area (Å²) in [7, 11) is 0. The van der Waals surface area contributed by atoms with Gasteiger partial charge in [0.15, 0.2) is 0 Å². The number of amides is 3. The largest absolute Gasteiger partial charge is 0.462 e. The van der Waals surface area contributed by atoms with Crippen LogP contribution in [0.3, 0.4) is 0 Å². The van der Waals surface area contributed by atoms with E-state index in [0.717, 1.165) is 19.3 Å². The first-order chi connectivity index (χ1) is 17.5. The second kappa shape index (κ2) is 8.73. The van der Waals surface area contributed by atoms with E-state index in [2.05, 4.69) is 17.5 Å². The highest BCUT2D eigenvalue weighted by Gasteiger charge is 2.67. The molecule has 1 aliphatic heterocycles. The van der Waals surface area contributed by atoms with Gasteiger partial charge < -0.3 is 10.1 Å². The first-order valence-electron chi connectivity index (χ1n) is 12.7. The Bertz CT molecular complexity index is 1230. The van der Waals surface area contributed by atoms with Gasteiger partial charge in [0.05, 0.1) is 29.7 Å². The maximum Gasteiger partial charge on any atom is 0.338 e. The van der Waals surface area contributed by atoms with Crippen LogP contribution in [-0.4, -0.2) is 30.3 Å². The fourth-order valence-electron chi connectivity index (χ4n) is 6.26. The molecule has 4 aliphatic carbocycles. The van der Waals surface area contributed by atoms with E-state index in [4.69, 9.17) is 4.74 Å². The molecule has 0 unspecified atom stereocenters. The zero-order chi connectivity index (χ0) is 25.0. The highest BCUT2D eigenvalue weighted by atomic mass is 16.5. The van der Waals surface area contributed by atoms with Gasteiger partial charge in [-0.2, -0.15) is 0 Å². The lowest BCUT2D eigenvalue weighted by molar-refractivity contribution is -0.124. The van der Waals surface area contributed by atoms with Gasteiger partial charge in [0.1, 0.15) is 0 Å². The van der Waals surface area contributed by atoms with E-state index in [9.17, 15) is 19.2 Å². The van der Waals surface area contributed by atoms with Crippen LogP contribution in [0, 0.1) is 35.5 Å². The van der Waals surface area contributed by atoms with E-state index >= 15 is 0 Å². The van der Waals surface area contributed by atoms with Gasteiger partial charge in [-0.3, -0.25) is 19.3 Å². The van der Waals surface area contributed by atoms with Crippen molar-refractivity contribution in [2.24, 2.45) is 35.5 Å². The highest BCUT2D eigenvalue weighted by Crippen LogP contribution is 2.65. The molecule has 0 radical (unpaired) electrons. The number of nitrogens with one attached hydrogen (secondary N) is 1. The number of allylic oxidation sites excluding steroid dienone is 2. The number of anilines is 2. The van der Waals surface area contributed by atoms with E-state index in [1.54, 1.807) is 48.5 Å². The number of benzene rings is 2. The number of hydrogen-bond acceptors (Lipinski definition) is 5. The number of imide groups is 1. The molecule has 5 aliphatic rings. The van der Waals surface area contributed by atoms with Crippen molar-refractivity contribution in [2.45, 2.75) is 26.2 Å². The second-order valence-corrected chi connectivity index (χ2v) is 10.2. The van der Waals surface area contributed by atoms with Gasteiger partial charge in [0.2, 0.25) is 11.8 Å². The minimum absolute atomic E-state index is 0.111. The Morgan fingerprint density at radius 1 is 0.889 bits per heavy atom. The van der Waals surface area contributed by atoms with E-state index in [1.807, 2.05) is 6.92 Å². The van der Waals surface area contributed by atoms with E-state index in [0.29, 0.717) is 40.9 Å². The second-order valence-electron chi connectivity index (χ2n) is 10.2. The van der Waals surface area contributed by atoms with Crippen LogP contribution in [-0.2, 0) is 14.3 Å². The zero-order valence-corrected chi connectivity index (χ0v) is 20.1. The number of ether oxygens (including phenoxy) is 1. The number of carbonyl (C=O) groups is 4. The molecular weight excluding hydrogens is 456 g/mol. The van der Waals surface area contributed by atoms with Crippen LogP contribution in [0.2, 0.25) is 0 Å². The molecule has 0 spiro atoms.